The zero-order chi connectivity index (χ0) is 14.9. The summed E-state index contributed by atoms with van der Waals surface area (Å²) in [5, 5.41) is 5.25. The molecule has 114 valence electrons. The first-order chi connectivity index (χ1) is 10.2. The molecule has 0 bridgehead atoms. The van der Waals surface area contributed by atoms with Crippen LogP contribution in [0, 0.1) is 6.92 Å². The number of hydrogen-bond acceptors (Lipinski definition) is 3. The van der Waals surface area contributed by atoms with E-state index in [4.69, 9.17) is 0 Å². The molecule has 3 rings (SSSR count). The smallest absolute Gasteiger partial charge is 0.0389 e. The Kier molecular flexibility index (Phi) is 4.63. The summed E-state index contributed by atoms with van der Waals surface area (Å²) in [7, 11) is 0. The van der Waals surface area contributed by atoms with E-state index < -0.39 is 0 Å². The van der Waals surface area contributed by atoms with Crippen LogP contribution in [0.25, 0.3) is 10.1 Å². The molecule has 21 heavy (non-hydrogen) atoms. The van der Waals surface area contributed by atoms with E-state index in [1.54, 1.807) is 0 Å². The van der Waals surface area contributed by atoms with Gasteiger partial charge in [0, 0.05) is 26.9 Å². The molecule has 0 saturated heterocycles. The molecule has 1 heterocycles. The summed E-state index contributed by atoms with van der Waals surface area (Å²) in [6.45, 7) is 5.73. The first-order valence-electron chi connectivity index (χ1n) is 7.92. The van der Waals surface area contributed by atoms with E-state index in [0.717, 1.165) is 6.54 Å². The van der Waals surface area contributed by atoms with Crippen molar-refractivity contribution in [3.63, 3.8) is 0 Å². The SMILES string of the molecule is CSC1(CNC(C)c2sc3ccccc3c2C)CCCC1. The van der Waals surface area contributed by atoms with Crippen LogP contribution in [-0.2, 0) is 0 Å². The molecule has 1 nitrogen and oxygen atoms in total. The van der Waals surface area contributed by atoms with Crippen LogP contribution in [0.15, 0.2) is 24.3 Å². The number of hydrogen-bond donors (Lipinski definition) is 1. The van der Waals surface area contributed by atoms with Gasteiger partial charge in [-0.1, -0.05) is 31.0 Å². The number of nitrogens with one attached hydrogen (secondary N) is 1. The zero-order valence-electron chi connectivity index (χ0n) is 13.2. The van der Waals surface area contributed by atoms with Crippen molar-refractivity contribution in [1.29, 1.82) is 0 Å². The van der Waals surface area contributed by atoms with E-state index in [1.807, 2.05) is 11.3 Å². The van der Waals surface area contributed by atoms with Gasteiger partial charge in [0.2, 0.25) is 0 Å². The maximum atomic E-state index is 3.82. The molecular weight excluding hydrogens is 294 g/mol. The Balaban J connectivity index is 1.75. The lowest BCUT2D eigenvalue weighted by molar-refractivity contribution is 0.489. The lowest BCUT2D eigenvalue weighted by atomic mass is 10.1. The molecule has 0 radical (unpaired) electrons. The van der Waals surface area contributed by atoms with Crippen LogP contribution < -0.4 is 5.32 Å². The molecule has 1 aliphatic rings. The quantitative estimate of drug-likeness (QED) is 0.777. The summed E-state index contributed by atoms with van der Waals surface area (Å²) in [5.74, 6) is 0. The molecule has 3 heteroatoms. The predicted molar refractivity (Wildman–Crippen MR) is 97.7 cm³/mol. The third kappa shape index (κ3) is 3.01. The average molecular weight is 320 g/mol. The Bertz CT molecular complexity index is 611. The second kappa shape index (κ2) is 6.31. The summed E-state index contributed by atoms with van der Waals surface area (Å²) >= 11 is 4.02. The standard InChI is InChI=1S/C18H25NS2/c1-13-15-8-4-5-9-16(15)21-17(13)14(2)19-12-18(20-3)10-6-7-11-18/h4-5,8-9,14,19H,6-7,10-12H2,1-3H3. The maximum Gasteiger partial charge on any atom is 0.0389 e. The molecule has 1 aromatic heterocycles. The van der Waals surface area contributed by atoms with Crippen LogP contribution in [-0.4, -0.2) is 17.5 Å². The van der Waals surface area contributed by atoms with Gasteiger partial charge in [-0.3, -0.25) is 0 Å². The van der Waals surface area contributed by atoms with Gasteiger partial charge in [0.25, 0.3) is 0 Å². The lowest BCUT2D eigenvalue weighted by Crippen LogP contribution is -2.36. The van der Waals surface area contributed by atoms with Crippen LogP contribution in [0.5, 0.6) is 0 Å². The Morgan fingerprint density at radius 2 is 2.00 bits per heavy atom. The van der Waals surface area contributed by atoms with Crippen molar-refractivity contribution >= 4 is 33.2 Å². The van der Waals surface area contributed by atoms with E-state index in [1.165, 1.54) is 46.2 Å². The minimum Gasteiger partial charge on any atom is -0.308 e. The van der Waals surface area contributed by atoms with E-state index in [2.05, 4.69) is 61.4 Å². The minimum absolute atomic E-state index is 0.451. The Hall–Kier alpha value is -0.510. The van der Waals surface area contributed by atoms with E-state index >= 15 is 0 Å². The molecule has 1 saturated carbocycles. The van der Waals surface area contributed by atoms with Crippen LogP contribution in [0.2, 0.25) is 0 Å². The van der Waals surface area contributed by atoms with Crippen molar-refractivity contribution in [2.75, 3.05) is 12.8 Å². The molecule has 0 spiro atoms. The third-order valence-electron chi connectivity index (χ3n) is 4.95. The van der Waals surface area contributed by atoms with E-state index in [0.29, 0.717) is 10.8 Å². The van der Waals surface area contributed by atoms with E-state index in [-0.39, 0.29) is 0 Å². The van der Waals surface area contributed by atoms with Crippen molar-refractivity contribution in [1.82, 2.24) is 5.32 Å². The van der Waals surface area contributed by atoms with Gasteiger partial charge >= 0.3 is 0 Å². The van der Waals surface area contributed by atoms with Gasteiger partial charge in [0.05, 0.1) is 0 Å². The van der Waals surface area contributed by atoms with Gasteiger partial charge in [-0.2, -0.15) is 11.8 Å². The van der Waals surface area contributed by atoms with Crippen LogP contribution in [0.1, 0.15) is 49.1 Å². The van der Waals surface area contributed by atoms with Gasteiger partial charge in [-0.05, 0) is 50.0 Å². The van der Waals surface area contributed by atoms with Crippen LogP contribution in [0.4, 0.5) is 0 Å². The third-order valence-corrected chi connectivity index (χ3v) is 7.83. The fourth-order valence-corrected chi connectivity index (χ4v) is 5.67. The fraction of sp³-hybridized carbons (Fsp3) is 0.556. The normalized spacial score (nSPS) is 19.2. The Morgan fingerprint density at radius 1 is 1.29 bits per heavy atom. The molecule has 1 aromatic carbocycles. The molecule has 1 atom stereocenters. The second-order valence-corrected chi connectivity index (χ2v) is 8.64. The van der Waals surface area contributed by atoms with Gasteiger partial charge in [-0.25, -0.2) is 0 Å². The molecule has 1 fully saturated rings. The fourth-order valence-electron chi connectivity index (χ4n) is 3.51. The summed E-state index contributed by atoms with van der Waals surface area (Å²) < 4.78 is 1.90. The number of benzene rings is 1. The predicted octanol–water partition coefficient (Wildman–Crippen LogP) is 5.54. The molecule has 1 aliphatic carbocycles. The molecule has 0 aliphatic heterocycles. The number of aryl methyl sites for hydroxylation is 1. The molecule has 1 unspecified atom stereocenters. The first-order valence-corrected chi connectivity index (χ1v) is 9.96. The summed E-state index contributed by atoms with van der Waals surface area (Å²) in [6.07, 6.45) is 7.83. The summed E-state index contributed by atoms with van der Waals surface area (Å²) in [6, 6.07) is 9.22. The van der Waals surface area contributed by atoms with Crippen molar-refractivity contribution in [3.05, 3.63) is 34.7 Å². The average Bonchev–Trinajstić information content (AvgIpc) is 3.11. The van der Waals surface area contributed by atoms with Crippen molar-refractivity contribution in [2.24, 2.45) is 0 Å². The van der Waals surface area contributed by atoms with Crippen molar-refractivity contribution in [3.8, 4) is 0 Å². The molecule has 0 amide bonds. The number of thiophene rings is 1. The van der Waals surface area contributed by atoms with Gasteiger partial charge < -0.3 is 5.32 Å². The number of thioether (sulfide) groups is 1. The summed E-state index contributed by atoms with van der Waals surface area (Å²) in [5.41, 5.74) is 1.46. The van der Waals surface area contributed by atoms with E-state index in [9.17, 15) is 0 Å². The highest BCUT2D eigenvalue weighted by Crippen LogP contribution is 2.40. The Morgan fingerprint density at radius 3 is 2.67 bits per heavy atom. The van der Waals surface area contributed by atoms with Crippen molar-refractivity contribution in [2.45, 2.75) is 50.3 Å². The Labute approximate surface area is 136 Å². The van der Waals surface area contributed by atoms with Crippen LogP contribution >= 0.6 is 23.1 Å². The topological polar surface area (TPSA) is 12.0 Å². The highest BCUT2D eigenvalue weighted by atomic mass is 32.2. The largest absolute Gasteiger partial charge is 0.308 e. The maximum absolute atomic E-state index is 3.82. The minimum atomic E-state index is 0.451. The molecular formula is C18H25NS2. The van der Waals surface area contributed by atoms with Crippen molar-refractivity contribution < 1.29 is 0 Å². The van der Waals surface area contributed by atoms with Gasteiger partial charge in [-0.15, -0.1) is 11.3 Å². The lowest BCUT2D eigenvalue weighted by Gasteiger charge is -2.29. The zero-order valence-corrected chi connectivity index (χ0v) is 14.9. The summed E-state index contributed by atoms with van der Waals surface area (Å²) in [4.78, 5) is 1.51. The monoisotopic (exact) mass is 319 g/mol. The molecule has 2 aromatic rings. The second-order valence-electron chi connectivity index (χ2n) is 6.28. The highest BCUT2D eigenvalue weighted by molar-refractivity contribution is 8.00. The van der Waals surface area contributed by atoms with Gasteiger partial charge in [0.15, 0.2) is 0 Å². The molecule has 1 N–H and O–H groups in total. The number of fused-ring (bicyclic) bond motifs is 1. The van der Waals surface area contributed by atoms with Crippen LogP contribution in [0.3, 0.4) is 0 Å². The number of rotatable bonds is 5. The highest BCUT2D eigenvalue weighted by Gasteiger charge is 2.33. The first kappa shape index (κ1) is 15.4. The van der Waals surface area contributed by atoms with Gasteiger partial charge in [0.1, 0.15) is 0 Å².